The summed E-state index contributed by atoms with van der Waals surface area (Å²) >= 11 is 5.19. The number of hydrogen-bond acceptors (Lipinski definition) is 4. The zero-order valence-electron chi connectivity index (χ0n) is 12.0. The van der Waals surface area contributed by atoms with Gasteiger partial charge in [0.05, 0.1) is 11.9 Å². The lowest BCUT2D eigenvalue weighted by atomic mass is 10.2. The molecule has 2 aromatic heterocycles. The van der Waals surface area contributed by atoms with E-state index in [9.17, 15) is 4.39 Å². The lowest BCUT2D eigenvalue weighted by molar-refractivity contribution is 0.628. The summed E-state index contributed by atoms with van der Waals surface area (Å²) < 4.78 is 16.4. The van der Waals surface area contributed by atoms with Gasteiger partial charge in [0.15, 0.2) is 0 Å². The van der Waals surface area contributed by atoms with Crippen molar-refractivity contribution < 1.29 is 4.39 Å². The third-order valence-electron chi connectivity index (χ3n) is 3.02. The molecule has 112 valence electrons. The monoisotopic (exact) mass is 316 g/mol. The minimum atomic E-state index is -0.291. The predicted octanol–water partition coefficient (Wildman–Crippen LogP) is 2.76. The van der Waals surface area contributed by atoms with Crippen LogP contribution < -0.4 is 0 Å². The van der Waals surface area contributed by atoms with E-state index in [4.69, 9.17) is 12.2 Å². The molecule has 0 atom stereocenters. The van der Waals surface area contributed by atoms with Gasteiger partial charge in [-0.05, 0) is 49.8 Å². The Morgan fingerprint density at radius 2 is 2.00 bits per heavy atom. The highest BCUT2D eigenvalue weighted by Gasteiger charge is 2.11. The van der Waals surface area contributed by atoms with Crippen molar-refractivity contribution in [1.29, 1.82) is 0 Å². The molecule has 0 aliphatic carbocycles. The molecular formula is C14H13FN6S. The molecule has 0 saturated heterocycles. The predicted molar refractivity (Wildman–Crippen MR) is 83.4 cm³/mol. The molecule has 0 radical (unpaired) electrons. The van der Waals surface area contributed by atoms with Gasteiger partial charge in [-0.15, -0.1) is 5.10 Å². The Hall–Kier alpha value is -2.61. The van der Waals surface area contributed by atoms with Crippen molar-refractivity contribution in [2.45, 2.75) is 13.8 Å². The number of nitrogens with one attached hydrogen (secondary N) is 1. The zero-order chi connectivity index (χ0) is 15.7. The third-order valence-corrected chi connectivity index (χ3v) is 3.29. The Balaban J connectivity index is 2.01. The van der Waals surface area contributed by atoms with Gasteiger partial charge in [-0.25, -0.2) is 14.2 Å². The maximum atomic E-state index is 12.9. The summed E-state index contributed by atoms with van der Waals surface area (Å²) in [5.74, 6) is 0.175. The molecule has 3 aromatic rings. The summed E-state index contributed by atoms with van der Waals surface area (Å²) in [5, 5.41) is 15.5. The van der Waals surface area contributed by atoms with Crippen molar-refractivity contribution in [3.05, 3.63) is 57.9 Å². The zero-order valence-corrected chi connectivity index (χ0v) is 12.8. The van der Waals surface area contributed by atoms with Crippen LogP contribution in [-0.2, 0) is 0 Å². The molecule has 0 unspecified atom stereocenters. The van der Waals surface area contributed by atoms with Crippen LogP contribution in [0.2, 0.25) is 0 Å². The van der Waals surface area contributed by atoms with Crippen LogP contribution in [0.4, 0.5) is 4.39 Å². The maximum absolute atomic E-state index is 12.9. The Morgan fingerprint density at radius 1 is 1.27 bits per heavy atom. The van der Waals surface area contributed by atoms with Gasteiger partial charge in [0, 0.05) is 5.69 Å². The number of nitrogens with zero attached hydrogens (tertiary/aromatic N) is 5. The Labute approximate surface area is 130 Å². The summed E-state index contributed by atoms with van der Waals surface area (Å²) in [6.45, 7) is 3.82. The molecule has 3 rings (SSSR count). The van der Waals surface area contributed by atoms with Crippen molar-refractivity contribution in [2.75, 3.05) is 0 Å². The van der Waals surface area contributed by atoms with E-state index >= 15 is 0 Å². The Morgan fingerprint density at radius 3 is 2.64 bits per heavy atom. The molecule has 0 aliphatic rings. The molecule has 1 N–H and O–H groups in total. The van der Waals surface area contributed by atoms with Crippen molar-refractivity contribution >= 4 is 18.4 Å². The smallest absolute Gasteiger partial charge is 0.248 e. The summed E-state index contributed by atoms with van der Waals surface area (Å²) in [4.78, 5) is 0. The van der Waals surface area contributed by atoms with Gasteiger partial charge in [-0.3, -0.25) is 0 Å². The fourth-order valence-electron chi connectivity index (χ4n) is 2.03. The second-order valence-corrected chi connectivity index (χ2v) is 5.16. The highest BCUT2D eigenvalue weighted by molar-refractivity contribution is 7.71. The summed E-state index contributed by atoms with van der Waals surface area (Å²) in [7, 11) is 0. The Kier molecular flexibility index (Phi) is 3.68. The van der Waals surface area contributed by atoms with Crippen molar-refractivity contribution in [3.63, 3.8) is 0 Å². The second kappa shape index (κ2) is 5.64. The van der Waals surface area contributed by atoms with Crippen LogP contribution in [0.25, 0.3) is 5.95 Å². The molecule has 0 fully saturated rings. The number of benzene rings is 1. The largest absolute Gasteiger partial charge is 0.271 e. The molecule has 0 spiro atoms. The van der Waals surface area contributed by atoms with Gasteiger partial charge in [-0.2, -0.15) is 14.9 Å². The fraction of sp³-hybridized carbons (Fsp3) is 0.143. The number of rotatable bonds is 3. The number of H-pyrrole nitrogens is 1. The molecular weight excluding hydrogens is 303 g/mol. The van der Waals surface area contributed by atoms with Gasteiger partial charge < -0.3 is 0 Å². The van der Waals surface area contributed by atoms with E-state index in [2.05, 4.69) is 20.4 Å². The van der Waals surface area contributed by atoms with Crippen LogP contribution in [0, 0.1) is 24.4 Å². The molecule has 6 nitrogen and oxygen atoms in total. The number of hydrogen-bond donors (Lipinski definition) is 1. The van der Waals surface area contributed by atoms with E-state index < -0.39 is 0 Å². The van der Waals surface area contributed by atoms with E-state index in [0.717, 1.165) is 17.0 Å². The van der Waals surface area contributed by atoms with Crippen LogP contribution in [0.5, 0.6) is 0 Å². The summed E-state index contributed by atoms with van der Waals surface area (Å²) in [6.07, 6.45) is 1.58. The highest BCUT2D eigenvalue weighted by Crippen LogP contribution is 2.10. The van der Waals surface area contributed by atoms with Crippen LogP contribution in [-0.4, -0.2) is 30.9 Å². The van der Waals surface area contributed by atoms with Gasteiger partial charge >= 0.3 is 0 Å². The molecule has 1 aromatic carbocycles. The normalized spacial score (nSPS) is 11.4. The third kappa shape index (κ3) is 2.73. The number of halogens is 1. The van der Waals surface area contributed by atoms with Crippen molar-refractivity contribution in [1.82, 2.24) is 24.7 Å². The van der Waals surface area contributed by atoms with E-state index in [1.54, 1.807) is 23.0 Å². The molecule has 2 heterocycles. The van der Waals surface area contributed by atoms with Crippen LogP contribution >= 0.6 is 12.2 Å². The average Bonchev–Trinajstić information content (AvgIpc) is 3.00. The van der Waals surface area contributed by atoms with E-state index in [1.165, 1.54) is 16.8 Å². The lowest BCUT2D eigenvalue weighted by Crippen LogP contribution is -2.07. The second-order valence-electron chi connectivity index (χ2n) is 4.78. The Bertz CT molecular complexity index is 887. The van der Waals surface area contributed by atoms with Crippen LogP contribution in [0.15, 0.2) is 35.4 Å². The maximum Gasteiger partial charge on any atom is 0.271 e. The quantitative estimate of drug-likeness (QED) is 0.597. The molecule has 22 heavy (non-hydrogen) atoms. The fourth-order valence-corrected chi connectivity index (χ4v) is 2.20. The first kappa shape index (κ1) is 14.3. The minimum Gasteiger partial charge on any atom is -0.248 e. The van der Waals surface area contributed by atoms with Crippen LogP contribution in [0.1, 0.15) is 17.0 Å². The van der Waals surface area contributed by atoms with Crippen molar-refractivity contribution in [3.8, 4) is 5.95 Å². The van der Waals surface area contributed by atoms with E-state index in [-0.39, 0.29) is 5.82 Å². The first-order valence-electron chi connectivity index (χ1n) is 6.55. The topological polar surface area (TPSA) is 63.8 Å². The van der Waals surface area contributed by atoms with E-state index in [1.807, 2.05) is 19.9 Å². The van der Waals surface area contributed by atoms with Gasteiger partial charge in [0.25, 0.3) is 5.95 Å². The molecule has 0 aliphatic heterocycles. The number of aromatic nitrogens is 5. The van der Waals surface area contributed by atoms with Crippen LogP contribution in [0.3, 0.4) is 0 Å². The SMILES string of the molecule is Cc1cc(C)n(-c2n[nH]c(=S)n2/N=C\c2ccc(F)cc2)n1. The summed E-state index contributed by atoms with van der Waals surface area (Å²) in [6, 6.07) is 7.94. The highest BCUT2D eigenvalue weighted by atomic mass is 32.1. The van der Waals surface area contributed by atoms with Gasteiger partial charge in [-0.1, -0.05) is 12.1 Å². The number of aryl methyl sites for hydroxylation is 2. The van der Waals surface area contributed by atoms with Gasteiger partial charge in [0.1, 0.15) is 5.82 Å². The molecule has 0 bridgehead atoms. The first-order chi connectivity index (χ1) is 10.5. The summed E-state index contributed by atoms with van der Waals surface area (Å²) in [5.41, 5.74) is 2.55. The lowest BCUT2D eigenvalue weighted by Gasteiger charge is -2.02. The van der Waals surface area contributed by atoms with E-state index in [0.29, 0.717) is 10.7 Å². The standard InChI is InChI=1S/C14H13FN6S/c1-9-7-10(2)20(19-9)13-17-18-14(22)21(13)16-8-11-3-5-12(15)6-4-11/h3-8H,1-2H3,(H,18,22)/b16-8-. The van der Waals surface area contributed by atoms with Crippen molar-refractivity contribution in [2.24, 2.45) is 5.10 Å². The first-order valence-corrected chi connectivity index (χ1v) is 6.96. The molecule has 0 amide bonds. The molecule has 0 saturated carbocycles. The minimum absolute atomic E-state index is 0.291. The average molecular weight is 316 g/mol. The molecule has 8 heteroatoms. The van der Waals surface area contributed by atoms with Gasteiger partial charge in [0.2, 0.25) is 4.77 Å². The number of aromatic amines is 1.